The minimum Gasteiger partial charge on any atom is -0.481 e. The highest BCUT2D eigenvalue weighted by molar-refractivity contribution is 5.86. The quantitative estimate of drug-likeness (QED) is 0.820. The molecule has 3 aliphatic rings. The molecule has 24 heavy (non-hydrogen) atoms. The Morgan fingerprint density at radius 1 is 1.25 bits per heavy atom. The molecule has 3 fully saturated rings. The van der Waals surface area contributed by atoms with Crippen molar-refractivity contribution in [3.63, 3.8) is 0 Å². The molecule has 3 heterocycles. The highest BCUT2D eigenvalue weighted by Crippen LogP contribution is 2.42. The van der Waals surface area contributed by atoms with Crippen molar-refractivity contribution < 1.29 is 24.2 Å². The van der Waals surface area contributed by atoms with Gasteiger partial charge in [-0.1, -0.05) is 12.8 Å². The summed E-state index contributed by atoms with van der Waals surface area (Å²) in [6, 6.07) is 0. The van der Waals surface area contributed by atoms with Gasteiger partial charge in [-0.2, -0.15) is 0 Å². The number of carbonyl (C=O) groups excluding carboxylic acids is 2. The van der Waals surface area contributed by atoms with Gasteiger partial charge in [0.05, 0.1) is 18.6 Å². The predicted molar refractivity (Wildman–Crippen MR) is 85.2 cm³/mol. The van der Waals surface area contributed by atoms with Crippen molar-refractivity contribution in [2.24, 2.45) is 11.3 Å². The summed E-state index contributed by atoms with van der Waals surface area (Å²) in [6.45, 7) is 2.15. The molecule has 134 valence electrons. The van der Waals surface area contributed by atoms with Crippen LogP contribution < -0.4 is 0 Å². The molecular formula is C17H26N2O5. The fourth-order valence-corrected chi connectivity index (χ4v) is 4.14. The molecule has 0 aromatic heterocycles. The van der Waals surface area contributed by atoms with Gasteiger partial charge >= 0.3 is 5.97 Å². The second-order valence-corrected chi connectivity index (χ2v) is 7.24. The molecule has 1 N–H and O–H groups in total. The normalized spacial score (nSPS) is 31.3. The number of carboxylic acids is 1. The van der Waals surface area contributed by atoms with E-state index in [9.17, 15) is 19.5 Å². The van der Waals surface area contributed by atoms with Gasteiger partial charge in [0.1, 0.15) is 0 Å². The maximum Gasteiger partial charge on any atom is 0.311 e. The summed E-state index contributed by atoms with van der Waals surface area (Å²) in [6.07, 6.45) is 4.91. The lowest BCUT2D eigenvalue weighted by Crippen LogP contribution is -2.46. The topological polar surface area (TPSA) is 87.2 Å². The monoisotopic (exact) mass is 338 g/mol. The Bertz CT molecular complexity index is 523. The van der Waals surface area contributed by atoms with Crippen LogP contribution in [0.2, 0.25) is 0 Å². The molecule has 7 heteroatoms. The van der Waals surface area contributed by atoms with E-state index in [1.165, 1.54) is 0 Å². The summed E-state index contributed by atoms with van der Waals surface area (Å²) in [5.74, 6) is -1.10. The number of hydrogen-bond donors (Lipinski definition) is 1. The zero-order chi connectivity index (χ0) is 17.2. The Balaban J connectivity index is 1.65. The van der Waals surface area contributed by atoms with Crippen molar-refractivity contribution in [2.75, 3.05) is 39.4 Å². The number of aliphatic carboxylic acids is 1. The summed E-state index contributed by atoms with van der Waals surface area (Å²) in [4.78, 5) is 39.9. The van der Waals surface area contributed by atoms with E-state index < -0.39 is 11.4 Å². The van der Waals surface area contributed by atoms with E-state index in [0.29, 0.717) is 39.1 Å². The number of carbonyl (C=O) groups is 3. The van der Waals surface area contributed by atoms with Crippen LogP contribution in [0.4, 0.5) is 0 Å². The van der Waals surface area contributed by atoms with E-state index in [1.807, 2.05) is 0 Å². The van der Waals surface area contributed by atoms with Gasteiger partial charge in [0, 0.05) is 38.6 Å². The van der Waals surface area contributed by atoms with Gasteiger partial charge in [-0.15, -0.1) is 0 Å². The maximum absolute atomic E-state index is 12.7. The van der Waals surface area contributed by atoms with Crippen molar-refractivity contribution in [1.29, 1.82) is 0 Å². The molecule has 2 atom stereocenters. The van der Waals surface area contributed by atoms with Crippen molar-refractivity contribution in [1.82, 2.24) is 9.80 Å². The highest BCUT2D eigenvalue weighted by Gasteiger charge is 2.54. The summed E-state index contributed by atoms with van der Waals surface area (Å²) in [5, 5.41) is 9.67. The third-order valence-corrected chi connectivity index (χ3v) is 5.73. The van der Waals surface area contributed by atoms with E-state index in [4.69, 9.17) is 4.74 Å². The number of hydrogen-bond acceptors (Lipinski definition) is 4. The molecule has 7 nitrogen and oxygen atoms in total. The van der Waals surface area contributed by atoms with E-state index in [1.54, 1.807) is 9.80 Å². The number of ether oxygens (including phenoxy) is 1. The second-order valence-electron chi connectivity index (χ2n) is 7.24. The second kappa shape index (κ2) is 7.09. The maximum atomic E-state index is 12.7. The Morgan fingerprint density at radius 2 is 2.04 bits per heavy atom. The van der Waals surface area contributed by atoms with Gasteiger partial charge in [-0.05, 0) is 19.3 Å². The number of likely N-dealkylation sites (tertiary alicyclic amines) is 2. The fraction of sp³-hybridized carbons (Fsp3) is 0.824. The first kappa shape index (κ1) is 17.2. The summed E-state index contributed by atoms with van der Waals surface area (Å²) >= 11 is 0. The van der Waals surface area contributed by atoms with E-state index in [2.05, 4.69) is 0 Å². The van der Waals surface area contributed by atoms with E-state index >= 15 is 0 Å². The van der Waals surface area contributed by atoms with Crippen LogP contribution in [-0.2, 0) is 19.1 Å². The molecule has 0 bridgehead atoms. The van der Waals surface area contributed by atoms with Gasteiger partial charge < -0.3 is 19.6 Å². The van der Waals surface area contributed by atoms with Crippen molar-refractivity contribution in [3.8, 4) is 0 Å². The predicted octanol–water partition coefficient (Wildman–Crippen LogP) is 0.729. The minimum absolute atomic E-state index is 0.0379. The molecule has 0 aromatic carbocycles. The highest BCUT2D eigenvalue weighted by atomic mass is 16.5. The van der Waals surface area contributed by atoms with Crippen molar-refractivity contribution in [3.05, 3.63) is 0 Å². The van der Waals surface area contributed by atoms with Crippen LogP contribution in [0.1, 0.15) is 38.5 Å². The Morgan fingerprint density at radius 3 is 2.79 bits per heavy atom. The smallest absolute Gasteiger partial charge is 0.311 e. The van der Waals surface area contributed by atoms with Crippen molar-refractivity contribution >= 4 is 17.8 Å². The molecule has 2 amide bonds. The zero-order valence-corrected chi connectivity index (χ0v) is 14.0. The largest absolute Gasteiger partial charge is 0.481 e. The first-order chi connectivity index (χ1) is 11.5. The minimum atomic E-state index is -0.881. The number of rotatable bonds is 3. The number of fused-ring (bicyclic) bond motifs is 1. The summed E-state index contributed by atoms with van der Waals surface area (Å²) in [7, 11) is 0. The molecule has 0 spiro atoms. The van der Waals surface area contributed by atoms with Crippen LogP contribution in [0, 0.1) is 11.3 Å². The molecule has 0 unspecified atom stereocenters. The van der Waals surface area contributed by atoms with Crippen LogP contribution in [-0.4, -0.2) is 72.1 Å². The van der Waals surface area contributed by atoms with Gasteiger partial charge in [0.25, 0.3) is 0 Å². The molecule has 0 radical (unpaired) electrons. The van der Waals surface area contributed by atoms with Crippen LogP contribution in [0.15, 0.2) is 0 Å². The molecular weight excluding hydrogens is 312 g/mol. The first-order valence-electron chi connectivity index (χ1n) is 8.89. The van der Waals surface area contributed by atoms with Crippen LogP contribution in [0.5, 0.6) is 0 Å². The SMILES string of the molecule is O=C1CCCCCCN1CC(=O)N1C[C@H]2COCC[C@@]2(C(=O)O)C1. The molecule has 3 saturated heterocycles. The molecule has 0 aromatic rings. The average Bonchev–Trinajstić information content (AvgIpc) is 2.95. The fourth-order valence-electron chi connectivity index (χ4n) is 4.14. The standard InChI is InChI=1S/C17H26N2O5/c20-14-5-3-1-2-4-7-18(14)10-15(21)19-9-13-11-24-8-6-17(13,12-19)16(22)23/h13H,1-12H2,(H,22,23)/t13-,17+/m0/s1. The van der Waals surface area contributed by atoms with Crippen LogP contribution >= 0.6 is 0 Å². The van der Waals surface area contributed by atoms with Gasteiger partial charge in [-0.3, -0.25) is 14.4 Å². The first-order valence-corrected chi connectivity index (χ1v) is 8.89. The van der Waals surface area contributed by atoms with E-state index in [0.717, 1.165) is 25.7 Å². The summed E-state index contributed by atoms with van der Waals surface area (Å²) < 4.78 is 5.42. The average molecular weight is 338 g/mol. The zero-order valence-electron chi connectivity index (χ0n) is 14.0. The Kier molecular flexibility index (Phi) is 5.08. The summed E-state index contributed by atoms with van der Waals surface area (Å²) in [5.41, 5.74) is -0.881. The van der Waals surface area contributed by atoms with Gasteiger partial charge in [-0.25, -0.2) is 0 Å². The number of amides is 2. The van der Waals surface area contributed by atoms with Crippen LogP contribution in [0.3, 0.4) is 0 Å². The lowest BCUT2D eigenvalue weighted by molar-refractivity contribution is -0.157. The third kappa shape index (κ3) is 3.27. The molecule has 3 rings (SSSR count). The van der Waals surface area contributed by atoms with Gasteiger partial charge in [0.2, 0.25) is 11.8 Å². The lowest BCUT2D eigenvalue weighted by Gasteiger charge is -2.33. The van der Waals surface area contributed by atoms with Crippen LogP contribution in [0.25, 0.3) is 0 Å². The van der Waals surface area contributed by atoms with E-state index in [-0.39, 0.29) is 30.8 Å². The van der Waals surface area contributed by atoms with Crippen molar-refractivity contribution in [2.45, 2.75) is 38.5 Å². The molecule has 0 saturated carbocycles. The van der Waals surface area contributed by atoms with Gasteiger partial charge in [0.15, 0.2) is 0 Å². The third-order valence-electron chi connectivity index (χ3n) is 5.73. The Hall–Kier alpha value is -1.63. The molecule has 0 aliphatic carbocycles. The number of carboxylic acid groups (broad SMARTS) is 1. The Labute approximate surface area is 141 Å². The number of nitrogens with zero attached hydrogens (tertiary/aromatic N) is 2. The molecule has 3 aliphatic heterocycles. The lowest BCUT2D eigenvalue weighted by atomic mass is 9.74.